The zero-order valence-electron chi connectivity index (χ0n) is 11.9. The van der Waals surface area contributed by atoms with Crippen LogP contribution in [0.4, 0.5) is 0 Å². The summed E-state index contributed by atoms with van der Waals surface area (Å²) in [5, 5.41) is 0. The lowest BCUT2D eigenvalue weighted by Crippen LogP contribution is -2.36. The molecule has 1 aromatic rings. The highest BCUT2D eigenvalue weighted by Gasteiger charge is 2.47. The van der Waals surface area contributed by atoms with Gasteiger partial charge in [-0.3, -0.25) is 0 Å². The van der Waals surface area contributed by atoms with Crippen molar-refractivity contribution < 1.29 is 3.89 Å². The Morgan fingerprint density at radius 1 is 1.20 bits per heavy atom. The first-order chi connectivity index (χ1) is 9.52. The Morgan fingerprint density at radius 3 is 2.55 bits per heavy atom. The largest absolute Gasteiger partial charge is 0.224 e. The van der Waals surface area contributed by atoms with Crippen LogP contribution in [-0.4, -0.2) is 15.1 Å². The molecule has 1 aliphatic heterocycles. The van der Waals surface area contributed by atoms with E-state index in [0.29, 0.717) is 6.04 Å². The maximum Gasteiger partial charge on any atom is 0.138 e. The maximum absolute atomic E-state index is 5.64. The Balaban J connectivity index is 1.98. The van der Waals surface area contributed by atoms with Crippen LogP contribution in [0, 0.1) is 0 Å². The summed E-state index contributed by atoms with van der Waals surface area (Å²) in [6, 6.07) is 9.14. The van der Waals surface area contributed by atoms with Gasteiger partial charge in [-0.2, -0.15) is 0 Å². The van der Waals surface area contributed by atoms with E-state index >= 15 is 0 Å². The molecule has 2 aliphatic rings. The summed E-state index contributed by atoms with van der Waals surface area (Å²) in [6.07, 6.45) is 5.00. The van der Waals surface area contributed by atoms with Gasteiger partial charge in [-0.05, 0) is 38.3 Å². The van der Waals surface area contributed by atoms with Gasteiger partial charge >= 0.3 is 0 Å². The fourth-order valence-corrected chi connectivity index (χ4v) is 5.44. The van der Waals surface area contributed by atoms with E-state index in [9.17, 15) is 0 Å². The fourth-order valence-electron chi connectivity index (χ4n) is 3.22. The predicted octanol–water partition coefficient (Wildman–Crippen LogP) is 5.77. The van der Waals surface area contributed by atoms with E-state index in [1.54, 1.807) is 5.70 Å². The standard InChI is InChI=1S/C16H19BrNS2/c1-11(12-7-9-13(17)10-8-12)18(2)15-6-4-3-5-14(15)16(19)20-18/h7-11H,3-6H2,1-2H3/q+1/t11-,18-/m0/s1. The van der Waals surface area contributed by atoms with E-state index in [4.69, 9.17) is 12.2 Å². The molecule has 1 aromatic carbocycles. The van der Waals surface area contributed by atoms with Crippen molar-refractivity contribution in [3.63, 3.8) is 0 Å². The average molecular weight is 369 g/mol. The lowest BCUT2D eigenvalue weighted by atomic mass is 9.95. The summed E-state index contributed by atoms with van der Waals surface area (Å²) in [5.74, 6) is 0. The Labute approximate surface area is 139 Å². The molecule has 0 saturated carbocycles. The summed E-state index contributed by atoms with van der Waals surface area (Å²) in [6.45, 7) is 2.32. The second-order valence-electron chi connectivity index (χ2n) is 5.73. The molecule has 106 valence electrons. The topological polar surface area (TPSA) is 0 Å². The SMILES string of the molecule is C[C@@H](c1ccc(Br)cc1)[N@+]1(C)SC(=S)C2=C1CCCC2. The molecule has 0 aromatic heterocycles. The zero-order chi connectivity index (χ0) is 14.3. The minimum absolute atomic E-state index is 0.427. The monoisotopic (exact) mass is 368 g/mol. The molecule has 0 radical (unpaired) electrons. The number of hydrogen-bond donors (Lipinski definition) is 0. The van der Waals surface area contributed by atoms with Gasteiger partial charge in [0.05, 0.1) is 7.05 Å². The van der Waals surface area contributed by atoms with Crippen LogP contribution in [0.1, 0.15) is 44.2 Å². The minimum atomic E-state index is 0.427. The van der Waals surface area contributed by atoms with Crippen LogP contribution < -0.4 is 0 Å². The van der Waals surface area contributed by atoms with Crippen molar-refractivity contribution in [2.24, 2.45) is 0 Å². The van der Waals surface area contributed by atoms with Crippen LogP contribution >= 0.6 is 40.1 Å². The number of benzene rings is 1. The molecular weight excluding hydrogens is 350 g/mol. The van der Waals surface area contributed by atoms with Crippen LogP contribution in [0.2, 0.25) is 0 Å². The van der Waals surface area contributed by atoms with Crippen molar-refractivity contribution in [2.75, 3.05) is 7.05 Å². The van der Waals surface area contributed by atoms with Crippen molar-refractivity contribution in [1.82, 2.24) is 0 Å². The van der Waals surface area contributed by atoms with Crippen LogP contribution in [0.15, 0.2) is 40.0 Å². The molecule has 1 nitrogen and oxygen atoms in total. The number of hydrogen-bond acceptors (Lipinski definition) is 2. The summed E-state index contributed by atoms with van der Waals surface area (Å²) >= 11 is 11.0. The van der Waals surface area contributed by atoms with E-state index in [1.807, 2.05) is 11.9 Å². The predicted molar refractivity (Wildman–Crippen MR) is 94.4 cm³/mol. The Bertz CT molecular complexity index is 579. The molecule has 0 N–H and O–H groups in total. The number of quaternary nitrogens is 1. The van der Waals surface area contributed by atoms with Crippen molar-refractivity contribution in [3.8, 4) is 0 Å². The van der Waals surface area contributed by atoms with Gasteiger partial charge in [0.15, 0.2) is 0 Å². The van der Waals surface area contributed by atoms with E-state index in [1.165, 1.54) is 36.8 Å². The maximum atomic E-state index is 5.64. The number of thiocarbonyl (C=S) groups is 1. The first-order valence-electron chi connectivity index (χ1n) is 7.10. The lowest BCUT2D eigenvalue weighted by molar-refractivity contribution is -0.765. The molecule has 0 amide bonds. The van der Waals surface area contributed by atoms with E-state index in [-0.39, 0.29) is 0 Å². The van der Waals surface area contributed by atoms with Gasteiger partial charge in [-0.25, -0.2) is 3.89 Å². The zero-order valence-corrected chi connectivity index (χ0v) is 15.1. The summed E-state index contributed by atoms with van der Waals surface area (Å²) in [7, 11) is 2.33. The number of nitrogens with zero attached hydrogens (tertiary/aromatic N) is 1. The van der Waals surface area contributed by atoms with Gasteiger partial charge in [0.25, 0.3) is 0 Å². The average Bonchev–Trinajstić information content (AvgIpc) is 2.72. The fraction of sp³-hybridized carbons (Fsp3) is 0.438. The number of halogens is 1. The van der Waals surface area contributed by atoms with Crippen LogP contribution in [0.3, 0.4) is 0 Å². The molecule has 20 heavy (non-hydrogen) atoms. The molecule has 0 saturated heterocycles. The van der Waals surface area contributed by atoms with Crippen molar-refractivity contribution >= 4 is 44.3 Å². The smallest absolute Gasteiger partial charge is 0.138 e. The Hall–Kier alpha value is -0.160. The van der Waals surface area contributed by atoms with E-state index < -0.39 is 0 Å². The molecule has 0 spiro atoms. The van der Waals surface area contributed by atoms with E-state index in [0.717, 1.165) is 12.6 Å². The molecule has 3 rings (SSSR count). The third kappa shape index (κ3) is 2.41. The summed E-state index contributed by atoms with van der Waals surface area (Å²) < 4.78 is 3.18. The molecular formula is C16H19BrNS2+. The highest BCUT2D eigenvalue weighted by molar-refractivity contribution is 9.10. The normalized spacial score (nSPS) is 27.6. The molecule has 1 heterocycles. The third-order valence-corrected chi connectivity index (χ3v) is 6.91. The van der Waals surface area contributed by atoms with Gasteiger partial charge in [-0.1, -0.05) is 40.3 Å². The van der Waals surface area contributed by atoms with Crippen molar-refractivity contribution in [3.05, 3.63) is 45.6 Å². The van der Waals surface area contributed by atoms with Crippen molar-refractivity contribution in [1.29, 1.82) is 0 Å². The van der Waals surface area contributed by atoms with Gasteiger partial charge in [0, 0.05) is 22.0 Å². The number of rotatable bonds is 2. The van der Waals surface area contributed by atoms with Crippen LogP contribution in [-0.2, 0) is 0 Å². The van der Waals surface area contributed by atoms with Crippen molar-refractivity contribution in [2.45, 2.75) is 38.6 Å². The Morgan fingerprint density at radius 2 is 1.85 bits per heavy atom. The third-order valence-electron chi connectivity index (χ3n) is 4.59. The first-order valence-corrected chi connectivity index (χ1v) is 9.08. The van der Waals surface area contributed by atoms with Gasteiger partial charge < -0.3 is 0 Å². The second kappa shape index (κ2) is 5.56. The summed E-state index contributed by atoms with van der Waals surface area (Å²) in [4.78, 5) is 0. The number of allylic oxidation sites excluding steroid dienone is 1. The highest BCUT2D eigenvalue weighted by atomic mass is 79.9. The van der Waals surface area contributed by atoms with Gasteiger partial charge in [0.1, 0.15) is 27.9 Å². The summed E-state index contributed by atoms with van der Waals surface area (Å²) in [5.41, 5.74) is 4.43. The molecule has 0 bridgehead atoms. The molecule has 1 aliphatic carbocycles. The first kappa shape index (κ1) is 14.8. The van der Waals surface area contributed by atoms with Crippen LogP contribution in [0.5, 0.6) is 0 Å². The van der Waals surface area contributed by atoms with Crippen LogP contribution in [0.25, 0.3) is 0 Å². The molecule has 2 atom stereocenters. The lowest BCUT2D eigenvalue weighted by Gasteiger charge is -2.36. The van der Waals surface area contributed by atoms with E-state index in [2.05, 4.69) is 54.2 Å². The quantitative estimate of drug-likeness (QED) is 0.369. The minimum Gasteiger partial charge on any atom is -0.224 e. The van der Waals surface area contributed by atoms with Gasteiger partial charge in [0.2, 0.25) is 0 Å². The molecule has 0 unspecified atom stereocenters. The molecule has 0 fully saturated rings. The van der Waals surface area contributed by atoms with Gasteiger partial charge in [-0.15, -0.1) is 0 Å². The Kier molecular flexibility index (Phi) is 4.10. The second-order valence-corrected chi connectivity index (χ2v) is 8.66. The molecule has 4 heteroatoms. The highest BCUT2D eigenvalue weighted by Crippen LogP contribution is 2.52.